The maximum Gasteiger partial charge on any atom is 0.147 e. The van der Waals surface area contributed by atoms with Crippen molar-refractivity contribution in [3.63, 3.8) is 0 Å². The fourth-order valence-electron chi connectivity index (χ4n) is 1.91. The predicted molar refractivity (Wildman–Crippen MR) is 87.4 cm³/mol. The molecule has 0 aliphatic carbocycles. The lowest BCUT2D eigenvalue weighted by Gasteiger charge is -2.02. The quantitative estimate of drug-likeness (QED) is 0.551. The first-order valence-electron chi connectivity index (χ1n) is 6.41. The fraction of sp³-hybridized carbons (Fsp3) is 0.0625. The molecule has 0 bridgehead atoms. The van der Waals surface area contributed by atoms with E-state index in [2.05, 4.69) is 5.16 Å². The Hall–Kier alpha value is -1.91. The standard InChI is InChI=1S/C16H13ClN2OS/c17-14-8-12(18)6-7-16(14)21-10-13-9-15(19-20-13)11-4-2-1-3-5-11/h1-9H,10,18H2. The molecule has 3 nitrogen and oxygen atoms in total. The van der Waals surface area contributed by atoms with Crippen molar-refractivity contribution in [1.29, 1.82) is 0 Å². The van der Waals surface area contributed by atoms with Crippen LogP contribution in [0.3, 0.4) is 0 Å². The van der Waals surface area contributed by atoms with Crippen LogP contribution in [0.15, 0.2) is 64.0 Å². The minimum Gasteiger partial charge on any atom is -0.399 e. The summed E-state index contributed by atoms with van der Waals surface area (Å²) in [5.74, 6) is 1.48. The first-order chi connectivity index (χ1) is 10.2. The van der Waals surface area contributed by atoms with Gasteiger partial charge in [0, 0.05) is 22.2 Å². The zero-order chi connectivity index (χ0) is 14.7. The molecule has 0 fully saturated rings. The predicted octanol–water partition coefficient (Wildman–Crippen LogP) is 4.87. The third-order valence-electron chi connectivity index (χ3n) is 2.95. The highest BCUT2D eigenvalue weighted by molar-refractivity contribution is 7.98. The largest absolute Gasteiger partial charge is 0.399 e. The van der Waals surface area contributed by atoms with Gasteiger partial charge >= 0.3 is 0 Å². The number of halogens is 1. The molecule has 2 aromatic carbocycles. The molecule has 0 amide bonds. The number of nitrogens with zero attached hydrogens (tertiary/aromatic N) is 1. The molecular weight excluding hydrogens is 304 g/mol. The van der Waals surface area contributed by atoms with Crippen molar-refractivity contribution in [2.75, 3.05) is 5.73 Å². The fourth-order valence-corrected chi connectivity index (χ4v) is 3.06. The average molecular weight is 317 g/mol. The Balaban J connectivity index is 1.70. The number of nitrogens with two attached hydrogens (primary N) is 1. The molecule has 0 atom stereocenters. The van der Waals surface area contributed by atoms with Crippen molar-refractivity contribution < 1.29 is 4.52 Å². The van der Waals surface area contributed by atoms with Gasteiger partial charge < -0.3 is 10.3 Å². The normalized spacial score (nSPS) is 10.7. The number of aromatic nitrogens is 1. The van der Waals surface area contributed by atoms with Crippen LogP contribution in [0.2, 0.25) is 5.02 Å². The van der Waals surface area contributed by atoms with Gasteiger partial charge in [0.15, 0.2) is 0 Å². The Kier molecular flexibility index (Phi) is 4.18. The summed E-state index contributed by atoms with van der Waals surface area (Å²) in [5, 5.41) is 4.75. The van der Waals surface area contributed by atoms with E-state index in [4.69, 9.17) is 21.9 Å². The summed E-state index contributed by atoms with van der Waals surface area (Å²) in [6.07, 6.45) is 0. The molecule has 0 spiro atoms. The van der Waals surface area contributed by atoms with Crippen LogP contribution in [-0.4, -0.2) is 5.16 Å². The molecular formula is C16H13ClN2OS. The molecule has 1 aromatic heterocycles. The van der Waals surface area contributed by atoms with Gasteiger partial charge in [-0.05, 0) is 18.2 Å². The van der Waals surface area contributed by atoms with Crippen LogP contribution in [-0.2, 0) is 5.75 Å². The van der Waals surface area contributed by atoms with Gasteiger partial charge in [-0.1, -0.05) is 47.1 Å². The van der Waals surface area contributed by atoms with E-state index < -0.39 is 0 Å². The summed E-state index contributed by atoms with van der Waals surface area (Å²) >= 11 is 7.75. The monoisotopic (exact) mass is 316 g/mol. The second-order valence-electron chi connectivity index (χ2n) is 4.52. The van der Waals surface area contributed by atoms with Crippen LogP contribution in [0.1, 0.15) is 5.76 Å². The summed E-state index contributed by atoms with van der Waals surface area (Å²) < 4.78 is 5.37. The molecule has 106 valence electrons. The van der Waals surface area contributed by atoms with Gasteiger partial charge in [0.05, 0.1) is 10.8 Å². The highest BCUT2D eigenvalue weighted by Gasteiger charge is 2.08. The van der Waals surface area contributed by atoms with Crippen molar-refractivity contribution >= 4 is 29.1 Å². The van der Waals surface area contributed by atoms with Crippen molar-refractivity contribution in [3.8, 4) is 11.3 Å². The maximum absolute atomic E-state index is 6.15. The highest BCUT2D eigenvalue weighted by Crippen LogP contribution is 2.32. The van der Waals surface area contributed by atoms with E-state index in [9.17, 15) is 0 Å². The smallest absolute Gasteiger partial charge is 0.147 e. The van der Waals surface area contributed by atoms with Gasteiger partial charge in [-0.2, -0.15) is 0 Å². The van der Waals surface area contributed by atoms with Crippen molar-refractivity contribution in [2.24, 2.45) is 0 Å². The molecule has 0 aliphatic heterocycles. The van der Waals surface area contributed by atoms with E-state index in [0.29, 0.717) is 16.5 Å². The Labute approximate surface area is 132 Å². The Bertz CT molecular complexity index is 743. The molecule has 5 heteroatoms. The zero-order valence-corrected chi connectivity index (χ0v) is 12.7. The van der Waals surface area contributed by atoms with Crippen LogP contribution in [0.25, 0.3) is 11.3 Å². The summed E-state index contributed by atoms with van der Waals surface area (Å²) in [4.78, 5) is 0.975. The number of anilines is 1. The highest BCUT2D eigenvalue weighted by atomic mass is 35.5. The van der Waals surface area contributed by atoms with Crippen LogP contribution in [0.5, 0.6) is 0 Å². The van der Waals surface area contributed by atoms with Crippen molar-refractivity contribution in [3.05, 3.63) is 65.4 Å². The number of hydrogen-bond acceptors (Lipinski definition) is 4. The Morgan fingerprint density at radius 2 is 1.90 bits per heavy atom. The molecule has 1 heterocycles. The first kappa shape index (κ1) is 14.0. The number of thioether (sulfide) groups is 1. The number of hydrogen-bond donors (Lipinski definition) is 1. The summed E-state index contributed by atoms with van der Waals surface area (Å²) in [6.45, 7) is 0. The Morgan fingerprint density at radius 1 is 1.10 bits per heavy atom. The summed E-state index contributed by atoms with van der Waals surface area (Å²) in [7, 11) is 0. The van der Waals surface area contributed by atoms with Crippen LogP contribution in [0, 0.1) is 0 Å². The molecule has 0 radical (unpaired) electrons. The van der Waals surface area contributed by atoms with Gasteiger partial charge in [0.25, 0.3) is 0 Å². The second-order valence-corrected chi connectivity index (χ2v) is 5.95. The maximum atomic E-state index is 6.15. The molecule has 0 aliphatic rings. The average Bonchev–Trinajstić information content (AvgIpc) is 2.96. The molecule has 0 saturated carbocycles. The van der Waals surface area contributed by atoms with Gasteiger partial charge in [0.2, 0.25) is 0 Å². The number of rotatable bonds is 4. The van der Waals surface area contributed by atoms with Crippen LogP contribution >= 0.6 is 23.4 Å². The zero-order valence-electron chi connectivity index (χ0n) is 11.1. The molecule has 0 unspecified atom stereocenters. The van der Waals surface area contributed by atoms with Gasteiger partial charge in [-0.3, -0.25) is 0 Å². The van der Waals surface area contributed by atoms with Crippen LogP contribution in [0.4, 0.5) is 5.69 Å². The van der Waals surface area contributed by atoms with E-state index in [0.717, 1.165) is 21.9 Å². The third kappa shape index (κ3) is 3.40. The van der Waals surface area contributed by atoms with Gasteiger partial charge in [-0.15, -0.1) is 11.8 Å². The van der Waals surface area contributed by atoms with E-state index in [1.165, 1.54) is 0 Å². The lowest BCUT2D eigenvalue weighted by molar-refractivity contribution is 0.397. The number of benzene rings is 2. The molecule has 2 N–H and O–H groups in total. The SMILES string of the molecule is Nc1ccc(SCc2cc(-c3ccccc3)no2)c(Cl)c1. The lowest BCUT2D eigenvalue weighted by Crippen LogP contribution is -1.85. The molecule has 3 rings (SSSR count). The summed E-state index contributed by atoms with van der Waals surface area (Å²) in [6, 6.07) is 17.4. The molecule has 21 heavy (non-hydrogen) atoms. The first-order valence-corrected chi connectivity index (χ1v) is 7.77. The van der Waals surface area contributed by atoms with E-state index in [-0.39, 0.29) is 0 Å². The van der Waals surface area contributed by atoms with Crippen molar-refractivity contribution in [2.45, 2.75) is 10.6 Å². The summed E-state index contributed by atoms with van der Waals surface area (Å²) in [5.41, 5.74) is 8.23. The number of nitrogen functional groups attached to an aromatic ring is 1. The van der Waals surface area contributed by atoms with Gasteiger partial charge in [0.1, 0.15) is 11.5 Å². The van der Waals surface area contributed by atoms with Crippen molar-refractivity contribution in [1.82, 2.24) is 5.16 Å². The molecule has 3 aromatic rings. The molecule has 0 saturated heterocycles. The Morgan fingerprint density at radius 3 is 2.67 bits per heavy atom. The van der Waals surface area contributed by atoms with E-state index >= 15 is 0 Å². The third-order valence-corrected chi connectivity index (χ3v) is 4.47. The lowest BCUT2D eigenvalue weighted by atomic mass is 10.1. The second kappa shape index (κ2) is 6.24. The van der Waals surface area contributed by atoms with Crippen LogP contribution < -0.4 is 5.73 Å². The minimum atomic E-state index is 0.655. The van der Waals surface area contributed by atoms with E-state index in [1.807, 2.05) is 48.5 Å². The van der Waals surface area contributed by atoms with Gasteiger partial charge in [-0.25, -0.2) is 0 Å². The van der Waals surface area contributed by atoms with E-state index in [1.54, 1.807) is 17.8 Å². The minimum absolute atomic E-state index is 0.655. The topological polar surface area (TPSA) is 52.0 Å².